The van der Waals surface area contributed by atoms with E-state index in [1.165, 1.54) is 4.90 Å². The zero-order chi connectivity index (χ0) is 26.7. The summed E-state index contributed by atoms with van der Waals surface area (Å²) >= 11 is 0. The van der Waals surface area contributed by atoms with Gasteiger partial charge in [-0.05, 0) is 79.4 Å². The van der Waals surface area contributed by atoms with Crippen molar-refractivity contribution in [2.45, 2.75) is 65.7 Å². The van der Waals surface area contributed by atoms with Gasteiger partial charge in [-0.3, -0.25) is 0 Å². The Kier molecular flexibility index (Phi) is 8.05. The first kappa shape index (κ1) is 26.9. The number of likely N-dealkylation sites (tertiary alicyclic amines) is 1. The molecule has 1 fully saturated rings. The van der Waals surface area contributed by atoms with E-state index in [1.807, 2.05) is 24.3 Å². The molecule has 0 bridgehead atoms. The van der Waals surface area contributed by atoms with Crippen LogP contribution in [0.1, 0.15) is 63.0 Å². The molecular weight excluding hydrogens is 482 g/mol. The van der Waals surface area contributed by atoms with Crippen LogP contribution in [-0.4, -0.2) is 43.4 Å². The Morgan fingerprint density at radius 2 is 2.00 bits per heavy atom. The number of rotatable bonds is 7. The van der Waals surface area contributed by atoms with E-state index >= 15 is 0 Å². The highest BCUT2D eigenvalue weighted by atomic mass is 28.3. The molecule has 1 unspecified atom stereocenters. The van der Waals surface area contributed by atoms with Gasteiger partial charge in [-0.15, -0.1) is 0 Å². The summed E-state index contributed by atoms with van der Waals surface area (Å²) in [7, 11) is -1.03. The Hall–Kier alpha value is -3.15. The highest BCUT2D eigenvalue weighted by Crippen LogP contribution is 2.45. The fourth-order valence-corrected chi connectivity index (χ4v) is 6.12. The van der Waals surface area contributed by atoms with Gasteiger partial charge in [-0.2, -0.15) is 5.26 Å². The number of amides is 1. The minimum Gasteiger partial charge on any atom is -0.465 e. The lowest BCUT2D eigenvalue weighted by Crippen LogP contribution is -2.37. The highest BCUT2D eigenvalue weighted by molar-refractivity contribution is 6.48. The van der Waals surface area contributed by atoms with Crippen molar-refractivity contribution in [1.29, 1.82) is 5.26 Å². The smallest absolute Gasteiger partial charge is 0.407 e. The molecule has 0 spiro atoms. The summed E-state index contributed by atoms with van der Waals surface area (Å²) in [5.74, 6) is 0.478. The molecule has 1 aromatic heterocycles. The van der Waals surface area contributed by atoms with Gasteiger partial charge in [-0.1, -0.05) is 44.1 Å². The zero-order valence-electron chi connectivity index (χ0n) is 22.4. The first-order chi connectivity index (χ1) is 17.6. The standard InChI is InChI=1S/C29H36N3O4Si/c1-29(2,3)27(36-37(4)5)25-22(21-8-6-7-20(17-21)18-30)10-11-23-24(31-35-26(23)25)12-9-19-13-15-32(16-14-19)28(33)34/h6-8,10-11,17,19,27H,9,12-16H2,1-5H3,(H,33,34). The Balaban J connectivity index is 1.73. The lowest BCUT2D eigenvalue weighted by Gasteiger charge is -2.34. The van der Waals surface area contributed by atoms with E-state index in [-0.39, 0.29) is 11.5 Å². The summed E-state index contributed by atoms with van der Waals surface area (Å²) < 4.78 is 12.7. The van der Waals surface area contributed by atoms with Gasteiger partial charge in [0.05, 0.1) is 23.4 Å². The van der Waals surface area contributed by atoms with Gasteiger partial charge in [-0.25, -0.2) is 4.79 Å². The van der Waals surface area contributed by atoms with Crippen LogP contribution in [-0.2, 0) is 10.8 Å². The lowest BCUT2D eigenvalue weighted by atomic mass is 9.80. The molecular formula is C29H36N3O4Si. The van der Waals surface area contributed by atoms with Crippen LogP contribution in [0.2, 0.25) is 13.1 Å². The largest absolute Gasteiger partial charge is 0.465 e. The summed E-state index contributed by atoms with van der Waals surface area (Å²) in [6.45, 7) is 12.0. The fourth-order valence-electron chi connectivity index (χ4n) is 5.18. The summed E-state index contributed by atoms with van der Waals surface area (Å²) in [4.78, 5) is 12.7. The van der Waals surface area contributed by atoms with Gasteiger partial charge >= 0.3 is 6.09 Å². The second-order valence-corrected chi connectivity index (χ2v) is 13.3. The van der Waals surface area contributed by atoms with E-state index in [0.717, 1.165) is 59.0 Å². The number of carbonyl (C=O) groups is 1. The molecule has 2 aromatic carbocycles. The number of piperidine rings is 1. The predicted octanol–water partition coefficient (Wildman–Crippen LogP) is 7.04. The Labute approximate surface area is 220 Å². The molecule has 4 rings (SSSR count). The van der Waals surface area contributed by atoms with Crippen molar-refractivity contribution in [3.8, 4) is 17.2 Å². The van der Waals surface area contributed by atoms with Gasteiger partial charge in [0.25, 0.3) is 0 Å². The van der Waals surface area contributed by atoms with Crippen molar-refractivity contribution in [2.75, 3.05) is 13.1 Å². The third-order valence-corrected chi connectivity index (χ3v) is 7.84. The maximum atomic E-state index is 11.2. The maximum Gasteiger partial charge on any atom is 0.407 e. The number of carboxylic acid groups (broad SMARTS) is 1. The number of hydrogen-bond acceptors (Lipinski definition) is 5. The molecule has 7 nitrogen and oxygen atoms in total. The van der Waals surface area contributed by atoms with Gasteiger partial charge in [0.1, 0.15) is 0 Å². The number of nitriles is 1. The van der Waals surface area contributed by atoms with Crippen LogP contribution in [0.15, 0.2) is 40.9 Å². The predicted molar refractivity (Wildman–Crippen MR) is 146 cm³/mol. The third-order valence-electron chi connectivity index (χ3n) is 7.13. The number of hydrogen-bond donors (Lipinski definition) is 1. The average molecular weight is 519 g/mol. The topological polar surface area (TPSA) is 99.6 Å². The molecule has 1 atom stereocenters. The average Bonchev–Trinajstić information content (AvgIpc) is 3.28. The first-order valence-corrected chi connectivity index (χ1v) is 15.4. The van der Waals surface area contributed by atoms with Gasteiger partial charge in [0, 0.05) is 24.0 Å². The molecule has 0 saturated carbocycles. The van der Waals surface area contributed by atoms with E-state index in [1.54, 1.807) is 0 Å². The molecule has 8 heteroatoms. The molecule has 0 aliphatic carbocycles. The number of benzene rings is 2. The molecule has 1 aliphatic heterocycles. The van der Waals surface area contributed by atoms with E-state index in [2.05, 4.69) is 57.2 Å². The van der Waals surface area contributed by atoms with E-state index in [0.29, 0.717) is 24.6 Å². The normalized spacial score (nSPS) is 15.8. The van der Waals surface area contributed by atoms with Crippen LogP contribution in [0.5, 0.6) is 0 Å². The van der Waals surface area contributed by atoms with Crippen molar-refractivity contribution in [1.82, 2.24) is 10.1 Å². The Morgan fingerprint density at radius 1 is 1.27 bits per heavy atom. The van der Waals surface area contributed by atoms with Crippen LogP contribution >= 0.6 is 0 Å². The number of fused-ring (bicyclic) bond motifs is 1. The number of aromatic nitrogens is 1. The summed E-state index contributed by atoms with van der Waals surface area (Å²) in [5, 5.41) is 24.2. The van der Waals surface area contributed by atoms with Gasteiger partial charge < -0.3 is 19.0 Å². The molecule has 37 heavy (non-hydrogen) atoms. The highest BCUT2D eigenvalue weighted by Gasteiger charge is 2.34. The zero-order valence-corrected chi connectivity index (χ0v) is 23.4. The first-order valence-electron chi connectivity index (χ1n) is 12.9. The maximum absolute atomic E-state index is 11.2. The second-order valence-electron chi connectivity index (χ2n) is 11.2. The minimum absolute atomic E-state index is 0.192. The van der Waals surface area contributed by atoms with Crippen molar-refractivity contribution < 1.29 is 18.9 Å². The van der Waals surface area contributed by atoms with Crippen LogP contribution in [0.25, 0.3) is 22.1 Å². The molecule has 2 heterocycles. The Bertz CT molecular complexity index is 1300. The molecule has 195 valence electrons. The SMILES string of the molecule is C[Si](C)OC(c1c(-c2cccc(C#N)c2)ccc2c(CCC3CCN(C(=O)O)CC3)noc12)C(C)(C)C. The van der Waals surface area contributed by atoms with Crippen molar-refractivity contribution in [2.24, 2.45) is 11.3 Å². The monoisotopic (exact) mass is 518 g/mol. The molecule has 1 N–H and O–H groups in total. The van der Waals surface area contributed by atoms with Crippen molar-refractivity contribution >= 4 is 26.1 Å². The van der Waals surface area contributed by atoms with Crippen LogP contribution in [0.4, 0.5) is 4.79 Å². The van der Waals surface area contributed by atoms with Crippen molar-refractivity contribution in [3.63, 3.8) is 0 Å². The summed E-state index contributed by atoms with van der Waals surface area (Å²) in [6.07, 6.45) is 2.46. The third kappa shape index (κ3) is 6.05. The minimum atomic E-state index is -1.03. The fraction of sp³-hybridized carbons (Fsp3) is 0.483. The number of nitrogens with zero attached hydrogens (tertiary/aromatic N) is 3. The number of aryl methyl sites for hydroxylation is 1. The summed E-state index contributed by atoms with van der Waals surface area (Å²) in [5.41, 5.74) is 5.04. The van der Waals surface area contributed by atoms with Crippen LogP contribution < -0.4 is 0 Å². The van der Waals surface area contributed by atoms with E-state index in [4.69, 9.17) is 8.95 Å². The van der Waals surface area contributed by atoms with E-state index < -0.39 is 15.1 Å². The second kappa shape index (κ2) is 11.1. The van der Waals surface area contributed by atoms with Gasteiger partial charge in [0.15, 0.2) is 5.58 Å². The molecule has 1 saturated heterocycles. The quantitative estimate of drug-likeness (QED) is 0.337. The van der Waals surface area contributed by atoms with Crippen molar-refractivity contribution in [3.05, 3.63) is 53.2 Å². The molecule has 1 radical (unpaired) electrons. The van der Waals surface area contributed by atoms with Crippen LogP contribution in [0.3, 0.4) is 0 Å². The summed E-state index contributed by atoms with van der Waals surface area (Å²) in [6, 6.07) is 14.1. The van der Waals surface area contributed by atoms with Crippen LogP contribution in [0, 0.1) is 22.7 Å². The molecule has 1 aliphatic rings. The lowest BCUT2D eigenvalue weighted by molar-refractivity contribution is 0.0872. The molecule has 1 amide bonds. The van der Waals surface area contributed by atoms with Gasteiger partial charge in [0.2, 0.25) is 9.04 Å². The molecule has 3 aromatic rings. The van der Waals surface area contributed by atoms with E-state index in [9.17, 15) is 15.2 Å². The Morgan fingerprint density at radius 3 is 2.62 bits per heavy atom.